The molecule has 1 aliphatic rings. The summed E-state index contributed by atoms with van der Waals surface area (Å²) in [4.78, 5) is 26.6. The van der Waals surface area contributed by atoms with Gasteiger partial charge in [-0.25, -0.2) is 24.9 Å². The number of anilines is 2. The summed E-state index contributed by atoms with van der Waals surface area (Å²) < 4.78 is 2.04. The normalized spacial score (nSPS) is 15.3. The molecule has 0 radical (unpaired) electrons. The number of piperazine rings is 1. The van der Waals surface area contributed by atoms with E-state index in [1.165, 1.54) is 0 Å². The van der Waals surface area contributed by atoms with Crippen LogP contribution < -0.4 is 9.80 Å². The summed E-state index contributed by atoms with van der Waals surface area (Å²) in [6.45, 7) is 6.30. The average Bonchev–Trinajstić information content (AvgIpc) is 3.34. The Hall–Kier alpha value is -3.30. The summed E-state index contributed by atoms with van der Waals surface area (Å²) in [5.74, 6) is 1.82. The molecule has 0 bridgehead atoms. The molecule has 0 unspecified atom stereocenters. The zero-order chi connectivity index (χ0) is 17.5. The number of fused-ring (bicyclic) bond motifs is 2. The Morgan fingerprint density at radius 2 is 1.65 bits per heavy atom. The van der Waals surface area contributed by atoms with Gasteiger partial charge in [0.15, 0.2) is 22.6 Å². The van der Waals surface area contributed by atoms with Crippen molar-refractivity contribution in [2.45, 2.75) is 13.5 Å². The number of nitrogens with zero attached hydrogens (tertiary/aromatic N) is 9. The minimum atomic E-state index is 0.764. The van der Waals surface area contributed by atoms with Crippen LogP contribution in [0.2, 0.25) is 0 Å². The fourth-order valence-corrected chi connectivity index (χ4v) is 3.47. The lowest BCUT2D eigenvalue weighted by atomic mass is 10.2. The molecule has 5 heterocycles. The van der Waals surface area contributed by atoms with Gasteiger partial charge in [-0.15, -0.1) is 0 Å². The van der Waals surface area contributed by atoms with E-state index in [2.05, 4.69) is 51.8 Å². The second-order valence-corrected chi connectivity index (χ2v) is 6.20. The highest BCUT2D eigenvalue weighted by atomic mass is 15.3. The number of aromatic nitrogens is 8. The Balaban J connectivity index is 1.41. The molecule has 1 N–H and O–H groups in total. The highest BCUT2D eigenvalue weighted by Gasteiger charge is 2.23. The monoisotopic (exact) mass is 350 g/mol. The van der Waals surface area contributed by atoms with Crippen molar-refractivity contribution in [3.05, 3.63) is 25.2 Å². The van der Waals surface area contributed by atoms with Crippen LogP contribution in [-0.4, -0.2) is 65.9 Å². The molecule has 10 heteroatoms. The van der Waals surface area contributed by atoms with Crippen molar-refractivity contribution in [2.75, 3.05) is 36.0 Å². The molecule has 0 atom stereocenters. The molecule has 1 fully saturated rings. The lowest BCUT2D eigenvalue weighted by molar-refractivity contribution is 0.644. The lowest BCUT2D eigenvalue weighted by Crippen LogP contribution is -2.47. The molecule has 0 saturated carbocycles. The molecular formula is C16H18N10. The van der Waals surface area contributed by atoms with E-state index in [-0.39, 0.29) is 0 Å². The molecule has 4 aromatic heterocycles. The molecular weight excluding hydrogens is 332 g/mol. The zero-order valence-corrected chi connectivity index (χ0v) is 14.4. The van der Waals surface area contributed by atoms with Crippen molar-refractivity contribution >= 4 is 33.8 Å². The van der Waals surface area contributed by atoms with Gasteiger partial charge in [0.2, 0.25) is 0 Å². The van der Waals surface area contributed by atoms with Gasteiger partial charge in [-0.05, 0) is 6.92 Å². The van der Waals surface area contributed by atoms with E-state index >= 15 is 0 Å². The van der Waals surface area contributed by atoms with Crippen molar-refractivity contribution in [3.63, 3.8) is 0 Å². The first-order valence-corrected chi connectivity index (χ1v) is 8.65. The molecule has 1 saturated heterocycles. The molecule has 0 aromatic carbocycles. The largest absolute Gasteiger partial charge is 0.352 e. The predicted octanol–water partition coefficient (Wildman–Crippen LogP) is 0.839. The molecule has 5 rings (SSSR count). The topological polar surface area (TPSA) is 105 Å². The molecule has 1 aliphatic heterocycles. The summed E-state index contributed by atoms with van der Waals surface area (Å²) >= 11 is 0. The number of aryl methyl sites for hydroxylation is 1. The molecule has 132 valence electrons. The van der Waals surface area contributed by atoms with E-state index in [4.69, 9.17) is 0 Å². The van der Waals surface area contributed by atoms with Crippen LogP contribution in [0.3, 0.4) is 0 Å². The van der Waals surface area contributed by atoms with Crippen LogP contribution in [-0.2, 0) is 6.54 Å². The second-order valence-electron chi connectivity index (χ2n) is 6.20. The van der Waals surface area contributed by atoms with Gasteiger partial charge in [0, 0.05) is 32.7 Å². The van der Waals surface area contributed by atoms with Crippen LogP contribution in [0.1, 0.15) is 6.92 Å². The molecule has 0 amide bonds. The summed E-state index contributed by atoms with van der Waals surface area (Å²) in [5, 5.41) is 7.92. The smallest absolute Gasteiger partial charge is 0.165 e. The number of H-pyrrole nitrogens is 1. The van der Waals surface area contributed by atoms with Gasteiger partial charge in [-0.1, -0.05) is 0 Å². The maximum absolute atomic E-state index is 4.53. The van der Waals surface area contributed by atoms with Gasteiger partial charge in [-0.3, -0.25) is 5.10 Å². The first kappa shape index (κ1) is 15.0. The molecule has 0 aliphatic carbocycles. The van der Waals surface area contributed by atoms with Crippen molar-refractivity contribution in [1.82, 2.24) is 39.7 Å². The summed E-state index contributed by atoms with van der Waals surface area (Å²) in [7, 11) is 0. The third-order valence-corrected chi connectivity index (χ3v) is 4.83. The number of nitrogens with one attached hydrogen (secondary N) is 1. The van der Waals surface area contributed by atoms with Crippen molar-refractivity contribution in [2.24, 2.45) is 0 Å². The maximum atomic E-state index is 4.53. The third kappa shape index (κ3) is 2.25. The van der Waals surface area contributed by atoms with Crippen LogP contribution in [0.25, 0.3) is 22.2 Å². The van der Waals surface area contributed by atoms with Crippen molar-refractivity contribution < 1.29 is 0 Å². The Morgan fingerprint density at radius 1 is 0.923 bits per heavy atom. The summed E-state index contributed by atoms with van der Waals surface area (Å²) in [6.07, 6.45) is 6.81. The molecule has 26 heavy (non-hydrogen) atoms. The third-order valence-electron chi connectivity index (χ3n) is 4.83. The Labute approximate surface area is 148 Å². The summed E-state index contributed by atoms with van der Waals surface area (Å²) in [5.41, 5.74) is 2.51. The van der Waals surface area contributed by atoms with Gasteiger partial charge in [0.25, 0.3) is 0 Å². The van der Waals surface area contributed by atoms with E-state index in [9.17, 15) is 0 Å². The summed E-state index contributed by atoms with van der Waals surface area (Å²) in [6, 6.07) is 0. The van der Waals surface area contributed by atoms with Crippen molar-refractivity contribution in [3.8, 4) is 0 Å². The first-order chi connectivity index (χ1) is 12.8. The number of hydrogen-bond donors (Lipinski definition) is 1. The SMILES string of the molecule is CCn1cnc2c(N3CCN(c4ncnc5[nH]ncc45)CC3)ncnc21. The second kappa shape index (κ2) is 5.90. The van der Waals surface area contributed by atoms with E-state index in [1.54, 1.807) is 18.9 Å². The quantitative estimate of drug-likeness (QED) is 0.579. The van der Waals surface area contributed by atoms with E-state index < -0.39 is 0 Å². The van der Waals surface area contributed by atoms with Crippen LogP contribution in [0.15, 0.2) is 25.2 Å². The van der Waals surface area contributed by atoms with Crippen LogP contribution >= 0.6 is 0 Å². The maximum Gasteiger partial charge on any atom is 0.165 e. The van der Waals surface area contributed by atoms with Gasteiger partial charge >= 0.3 is 0 Å². The van der Waals surface area contributed by atoms with Crippen LogP contribution in [0.4, 0.5) is 11.6 Å². The van der Waals surface area contributed by atoms with Crippen molar-refractivity contribution in [1.29, 1.82) is 0 Å². The fraction of sp³-hybridized carbons (Fsp3) is 0.375. The van der Waals surface area contributed by atoms with Gasteiger partial charge in [-0.2, -0.15) is 5.10 Å². The average molecular weight is 350 g/mol. The highest BCUT2D eigenvalue weighted by molar-refractivity contribution is 5.86. The Bertz CT molecular complexity index is 1060. The molecule has 10 nitrogen and oxygen atoms in total. The Morgan fingerprint density at radius 3 is 2.46 bits per heavy atom. The van der Waals surface area contributed by atoms with Gasteiger partial charge in [0.05, 0.1) is 17.9 Å². The Kier molecular flexibility index (Phi) is 3.40. The van der Waals surface area contributed by atoms with Crippen LogP contribution in [0.5, 0.6) is 0 Å². The predicted molar refractivity (Wildman–Crippen MR) is 97.1 cm³/mol. The molecule has 0 spiro atoms. The van der Waals surface area contributed by atoms with Crippen LogP contribution in [0, 0.1) is 0 Å². The minimum Gasteiger partial charge on any atom is -0.352 e. The number of hydrogen-bond acceptors (Lipinski definition) is 8. The fourth-order valence-electron chi connectivity index (χ4n) is 3.47. The zero-order valence-electron chi connectivity index (χ0n) is 14.4. The van der Waals surface area contributed by atoms with Gasteiger partial charge in [0.1, 0.15) is 18.5 Å². The van der Waals surface area contributed by atoms with Gasteiger partial charge < -0.3 is 14.4 Å². The first-order valence-electron chi connectivity index (χ1n) is 8.65. The standard InChI is InChI=1S/C16H18N10/c1-2-24-10-21-12-15(24)19-9-20-16(12)26-5-3-25(4-6-26)14-11-7-22-23-13(11)17-8-18-14/h7-10H,2-6H2,1H3,(H,17,18,22,23). The highest BCUT2D eigenvalue weighted by Crippen LogP contribution is 2.26. The number of aromatic amines is 1. The number of rotatable bonds is 3. The van der Waals surface area contributed by atoms with E-state index in [0.717, 1.165) is 66.6 Å². The number of imidazole rings is 1. The minimum absolute atomic E-state index is 0.764. The van der Waals surface area contributed by atoms with E-state index in [1.807, 2.05) is 10.9 Å². The molecule has 4 aromatic rings. The van der Waals surface area contributed by atoms with E-state index in [0.29, 0.717) is 0 Å². The lowest BCUT2D eigenvalue weighted by Gasteiger charge is -2.36.